The van der Waals surface area contributed by atoms with Crippen molar-refractivity contribution in [3.63, 3.8) is 0 Å². The van der Waals surface area contributed by atoms with Crippen molar-refractivity contribution < 1.29 is 29.3 Å². The average molecular weight is 389 g/mol. The molecule has 0 aromatic heterocycles. The second-order valence-electron chi connectivity index (χ2n) is 6.98. The predicted octanol–water partition coefficient (Wildman–Crippen LogP) is 3.91. The van der Waals surface area contributed by atoms with Gasteiger partial charge in [-0.25, -0.2) is 0 Å². The van der Waals surface area contributed by atoms with Crippen LogP contribution in [0.25, 0.3) is 0 Å². The van der Waals surface area contributed by atoms with E-state index in [0.29, 0.717) is 26.1 Å². The third-order valence-corrected chi connectivity index (χ3v) is 4.39. The van der Waals surface area contributed by atoms with Gasteiger partial charge in [0.2, 0.25) is 0 Å². The van der Waals surface area contributed by atoms with Crippen molar-refractivity contribution in [1.29, 1.82) is 0 Å². The minimum Gasteiger partial charge on any atom is -0.466 e. The molecule has 0 bridgehead atoms. The van der Waals surface area contributed by atoms with Crippen LogP contribution in [0.1, 0.15) is 96.3 Å². The summed E-state index contributed by atoms with van der Waals surface area (Å²) in [5.74, 6) is -0.251. The summed E-state index contributed by atoms with van der Waals surface area (Å²) in [4.78, 5) is 23.1. The van der Waals surface area contributed by atoms with Crippen LogP contribution in [0.5, 0.6) is 0 Å². The maximum Gasteiger partial charge on any atom is 0.305 e. The fourth-order valence-corrected chi connectivity index (χ4v) is 2.72. The van der Waals surface area contributed by atoms with Crippen LogP contribution >= 0.6 is 0 Å². The first kappa shape index (κ1) is 25.9. The zero-order valence-corrected chi connectivity index (χ0v) is 17.0. The smallest absolute Gasteiger partial charge is 0.305 e. The van der Waals surface area contributed by atoms with Gasteiger partial charge in [0.1, 0.15) is 0 Å². The molecule has 6 heteroatoms. The van der Waals surface area contributed by atoms with Crippen LogP contribution in [0.2, 0.25) is 0 Å². The number of carbonyl (C=O) groups is 2. The molecule has 0 spiro atoms. The lowest BCUT2D eigenvalue weighted by Gasteiger charge is -2.06. The molecule has 0 radical (unpaired) electrons. The van der Waals surface area contributed by atoms with E-state index in [1.165, 1.54) is 0 Å². The molecular weight excluding hydrogens is 348 g/mol. The molecule has 0 aromatic rings. The maximum absolute atomic E-state index is 11.6. The van der Waals surface area contributed by atoms with Gasteiger partial charge in [-0.3, -0.25) is 9.59 Å². The predicted molar refractivity (Wildman–Crippen MR) is 105 cm³/mol. The Morgan fingerprint density at radius 2 is 0.815 bits per heavy atom. The maximum atomic E-state index is 11.6. The molecule has 0 fully saturated rings. The second kappa shape index (κ2) is 21.2. The molecule has 0 heterocycles. The van der Waals surface area contributed by atoms with Gasteiger partial charge in [0.25, 0.3) is 0 Å². The van der Waals surface area contributed by atoms with Gasteiger partial charge in [0, 0.05) is 26.1 Å². The minimum atomic E-state index is -0.125. The first-order chi connectivity index (χ1) is 13.2. The van der Waals surface area contributed by atoms with Crippen molar-refractivity contribution in [2.75, 3.05) is 26.4 Å². The van der Waals surface area contributed by atoms with Crippen LogP contribution in [-0.4, -0.2) is 48.6 Å². The number of hydrogen-bond acceptors (Lipinski definition) is 6. The van der Waals surface area contributed by atoms with Crippen LogP contribution in [0.3, 0.4) is 0 Å². The minimum absolute atomic E-state index is 0.125. The molecule has 0 atom stereocenters. The van der Waals surface area contributed by atoms with Crippen molar-refractivity contribution in [3.05, 3.63) is 0 Å². The number of aliphatic hydroxyl groups excluding tert-OH is 2. The van der Waals surface area contributed by atoms with Gasteiger partial charge >= 0.3 is 11.9 Å². The topological polar surface area (TPSA) is 93.1 Å². The highest BCUT2D eigenvalue weighted by Crippen LogP contribution is 2.09. The summed E-state index contributed by atoms with van der Waals surface area (Å²) in [6.07, 6.45) is 12.9. The largest absolute Gasteiger partial charge is 0.466 e. The second-order valence-corrected chi connectivity index (χ2v) is 6.98. The Balaban J connectivity index is 3.27. The summed E-state index contributed by atoms with van der Waals surface area (Å²) in [6.45, 7) is 1.42. The molecule has 0 aromatic carbocycles. The molecule has 0 aliphatic carbocycles. The zero-order valence-electron chi connectivity index (χ0n) is 17.0. The fraction of sp³-hybridized carbons (Fsp3) is 0.905. The van der Waals surface area contributed by atoms with E-state index >= 15 is 0 Å². The molecule has 0 rings (SSSR count). The van der Waals surface area contributed by atoms with E-state index in [0.717, 1.165) is 83.5 Å². The Hall–Kier alpha value is -1.14. The molecule has 160 valence electrons. The third-order valence-electron chi connectivity index (χ3n) is 4.39. The van der Waals surface area contributed by atoms with Crippen LogP contribution in [0.15, 0.2) is 0 Å². The number of aliphatic hydroxyl groups is 2. The summed E-state index contributed by atoms with van der Waals surface area (Å²) in [6, 6.07) is 0. The van der Waals surface area contributed by atoms with Gasteiger partial charge in [0.05, 0.1) is 13.2 Å². The van der Waals surface area contributed by atoms with Crippen molar-refractivity contribution >= 4 is 11.9 Å². The Labute approximate surface area is 164 Å². The van der Waals surface area contributed by atoms with E-state index in [9.17, 15) is 9.59 Å². The zero-order chi connectivity index (χ0) is 20.0. The van der Waals surface area contributed by atoms with Crippen molar-refractivity contribution in [2.45, 2.75) is 96.3 Å². The normalized spacial score (nSPS) is 10.7. The summed E-state index contributed by atoms with van der Waals surface area (Å²) in [5.41, 5.74) is 0. The average Bonchev–Trinajstić information content (AvgIpc) is 2.66. The van der Waals surface area contributed by atoms with Gasteiger partial charge in [-0.15, -0.1) is 0 Å². The van der Waals surface area contributed by atoms with Gasteiger partial charge in [-0.1, -0.05) is 32.1 Å². The van der Waals surface area contributed by atoms with Crippen LogP contribution < -0.4 is 0 Å². The summed E-state index contributed by atoms with van der Waals surface area (Å²) >= 11 is 0. The molecule has 6 nitrogen and oxygen atoms in total. The highest BCUT2D eigenvalue weighted by Gasteiger charge is 2.04. The van der Waals surface area contributed by atoms with E-state index in [2.05, 4.69) is 0 Å². The molecule has 0 aliphatic heterocycles. The lowest BCUT2D eigenvalue weighted by atomic mass is 10.1. The molecule has 0 amide bonds. The monoisotopic (exact) mass is 388 g/mol. The molecule has 0 unspecified atom stereocenters. The summed E-state index contributed by atoms with van der Waals surface area (Å²) in [7, 11) is 0. The fourth-order valence-electron chi connectivity index (χ4n) is 2.72. The quantitative estimate of drug-likeness (QED) is 0.243. The van der Waals surface area contributed by atoms with E-state index in [4.69, 9.17) is 19.7 Å². The van der Waals surface area contributed by atoms with E-state index in [-0.39, 0.29) is 25.2 Å². The Bertz CT molecular complexity index is 314. The molecule has 0 aliphatic rings. The number of rotatable bonds is 20. The number of unbranched alkanes of at least 4 members (excludes halogenated alkanes) is 10. The lowest BCUT2D eigenvalue weighted by molar-refractivity contribution is -0.144. The number of ether oxygens (including phenoxy) is 2. The number of carbonyl (C=O) groups excluding carboxylic acids is 2. The molecular formula is C21H40O6. The lowest BCUT2D eigenvalue weighted by Crippen LogP contribution is -2.06. The van der Waals surface area contributed by atoms with Crippen LogP contribution in [-0.2, 0) is 19.1 Å². The molecule has 0 saturated heterocycles. The Morgan fingerprint density at radius 1 is 0.481 bits per heavy atom. The Morgan fingerprint density at radius 3 is 1.22 bits per heavy atom. The van der Waals surface area contributed by atoms with Gasteiger partial charge < -0.3 is 19.7 Å². The van der Waals surface area contributed by atoms with Crippen molar-refractivity contribution in [1.82, 2.24) is 0 Å². The van der Waals surface area contributed by atoms with Gasteiger partial charge in [-0.05, 0) is 51.4 Å². The first-order valence-corrected chi connectivity index (χ1v) is 10.7. The SMILES string of the molecule is O=C(CCCCCCCC(=O)OCCCCCCO)OCCCCCCO. The third kappa shape index (κ3) is 21.0. The van der Waals surface area contributed by atoms with Gasteiger partial charge in [0.15, 0.2) is 0 Å². The van der Waals surface area contributed by atoms with Crippen LogP contribution in [0.4, 0.5) is 0 Å². The van der Waals surface area contributed by atoms with Crippen molar-refractivity contribution in [3.8, 4) is 0 Å². The van der Waals surface area contributed by atoms with E-state index in [1.807, 2.05) is 0 Å². The Kier molecular flexibility index (Phi) is 20.3. The number of esters is 2. The summed E-state index contributed by atoms with van der Waals surface area (Å²) in [5, 5.41) is 17.3. The van der Waals surface area contributed by atoms with E-state index < -0.39 is 0 Å². The molecule has 27 heavy (non-hydrogen) atoms. The highest BCUT2D eigenvalue weighted by molar-refractivity contribution is 5.69. The van der Waals surface area contributed by atoms with E-state index in [1.54, 1.807) is 0 Å². The standard InChI is InChI=1S/C21H40O6/c22-16-10-4-6-12-18-26-20(24)14-8-2-1-3-9-15-21(25)27-19-13-7-5-11-17-23/h22-23H,1-19H2. The number of hydrogen-bond donors (Lipinski definition) is 2. The van der Waals surface area contributed by atoms with Crippen LogP contribution in [0, 0.1) is 0 Å². The van der Waals surface area contributed by atoms with Crippen molar-refractivity contribution in [2.24, 2.45) is 0 Å². The van der Waals surface area contributed by atoms with Gasteiger partial charge in [-0.2, -0.15) is 0 Å². The highest BCUT2D eigenvalue weighted by atomic mass is 16.5. The molecule has 2 N–H and O–H groups in total. The molecule has 0 saturated carbocycles. The first-order valence-electron chi connectivity index (χ1n) is 10.7. The summed E-state index contributed by atoms with van der Waals surface area (Å²) < 4.78 is 10.3.